The van der Waals surface area contributed by atoms with Gasteiger partial charge in [-0.3, -0.25) is 4.79 Å². The molecule has 1 aromatic heterocycles. The highest BCUT2D eigenvalue weighted by Gasteiger charge is 2.15. The molecule has 0 aliphatic heterocycles. The quantitative estimate of drug-likeness (QED) is 0.751. The standard InChI is InChI=1S/C12H18N2O4/c1-17-8-6-14(5-7-15)12(16)10-3-4-11(18-2)13-9-10/h3-4,9,15H,5-8H2,1-2H3. The molecule has 0 aromatic carbocycles. The largest absolute Gasteiger partial charge is 0.481 e. The smallest absolute Gasteiger partial charge is 0.255 e. The third kappa shape index (κ3) is 3.97. The van der Waals surface area contributed by atoms with E-state index < -0.39 is 0 Å². The minimum absolute atomic E-state index is 0.0843. The predicted molar refractivity (Wildman–Crippen MR) is 65.7 cm³/mol. The highest BCUT2D eigenvalue weighted by Crippen LogP contribution is 2.09. The van der Waals surface area contributed by atoms with E-state index >= 15 is 0 Å². The number of amides is 1. The molecule has 0 bridgehead atoms. The molecular weight excluding hydrogens is 236 g/mol. The van der Waals surface area contributed by atoms with Crippen LogP contribution < -0.4 is 4.74 Å². The Hall–Kier alpha value is -1.66. The van der Waals surface area contributed by atoms with E-state index in [1.54, 1.807) is 19.2 Å². The Morgan fingerprint density at radius 3 is 2.67 bits per heavy atom. The summed E-state index contributed by atoms with van der Waals surface area (Å²) in [5.74, 6) is 0.272. The fraction of sp³-hybridized carbons (Fsp3) is 0.500. The first-order valence-electron chi connectivity index (χ1n) is 5.62. The van der Waals surface area contributed by atoms with Crippen LogP contribution in [0.5, 0.6) is 5.88 Å². The molecule has 1 aromatic rings. The molecule has 1 N–H and O–H groups in total. The predicted octanol–water partition coefficient (Wildman–Crippen LogP) is 0.171. The van der Waals surface area contributed by atoms with Gasteiger partial charge >= 0.3 is 0 Å². The first-order chi connectivity index (χ1) is 8.72. The first-order valence-corrected chi connectivity index (χ1v) is 5.62. The van der Waals surface area contributed by atoms with Gasteiger partial charge in [-0.05, 0) is 6.07 Å². The molecule has 1 rings (SSSR count). The number of aliphatic hydroxyl groups excluding tert-OH is 1. The molecule has 0 spiro atoms. The Bertz CT molecular complexity index is 367. The maximum absolute atomic E-state index is 12.1. The van der Waals surface area contributed by atoms with Crippen molar-refractivity contribution in [2.75, 3.05) is 40.5 Å². The molecule has 0 aliphatic rings. The van der Waals surface area contributed by atoms with Gasteiger partial charge in [0, 0.05) is 32.5 Å². The normalized spacial score (nSPS) is 10.2. The van der Waals surface area contributed by atoms with Crippen molar-refractivity contribution in [1.82, 2.24) is 9.88 Å². The van der Waals surface area contributed by atoms with Crippen molar-refractivity contribution >= 4 is 5.91 Å². The number of rotatable bonds is 7. The second-order valence-electron chi connectivity index (χ2n) is 3.60. The summed E-state index contributed by atoms with van der Waals surface area (Å²) < 4.78 is 9.86. The third-order valence-electron chi connectivity index (χ3n) is 2.41. The summed E-state index contributed by atoms with van der Waals surface area (Å²) in [5.41, 5.74) is 0.459. The molecule has 6 heteroatoms. The van der Waals surface area contributed by atoms with Crippen molar-refractivity contribution in [1.29, 1.82) is 0 Å². The van der Waals surface area contributed by atoms with Crippen LogP contribution in [-0.2, 0) is 4.74 Å². The van der Waals surface area contributed by atoms with Crippen LogP contribution in [0.15, 0.2) is 18.3 Å². The molecule has 18 heavy (non-hydrogen) atoms. The van der Waals surface area contributed by atoms with Gasteiger partial charge in [0.2, 0.25) is 5.88 Å². The zero-order valence-electron chi connectivity index (χ0n) is 10.6. The van der Waals surface area contributed by atoms with E-state index in [1.807, 2.05) is 0 Å². The summed E-state index contributed by atoms with van der Waals surface area (Å²) in [6.07, 6.45) is 1.46. The van der Waals surface area contributed by atoms with E-state index in [2.05, 4.69) is 4.98 Å². The van der Waals surface area contributed by atoms with E-state index in [1.165, 1.54) is 18.2 Å². The van der Waals surface area contributed by atoms with Gasteiger partial charge in [-0.15, -0.1) is 0 Å². The summed E-state index contributed by atoms with van der Waals surface area (Å²) in [6.45, 7) is 1.05. The number of nitrogens with zero attached hydrogens (tertiary/aromatic N) is 2. The number of pyridine rings is 1. The Labute approximate surface area is 106 Å². The number of hydrogen-bond donors (Lipinski definition) is 1. The number of methoxy groups -OCH3 is 2. The lowest BCUT2D eigenvalue weighted by Crippen LogP contribution is -2.36. The third-order valence-corrected chi connectivity index (χ3v) is 2.41. The van der Waals surface area contributed by atoms with Gasteiger partial charge in [-0.2, -0.15) is 0 Å². The van der Waals surface area contributed by atoms with Crippen LogP contribution in [0.25, 0.3) is 0 Å². The number of carbonyl (C=O) groups excluding carboxylic acids is 1. The molecular formula is C12H18N2O4. The summed E-state index contributed by atoms with van der Waals surface area (Å²) in [4.78, 5) is 17.6. The van der Waals surface area contributed by atoms with E-state index in [4.69, 9.17) is 14.6 Å². The number of aromatic nitrogens is 1. The van der Waals surface area contributed by atoms with E-state index in [9.17, 15) is 4.79 Å². The highest BCUT2D eigenvalue weighted by atomic mass is 16.5. The lowest BCUT2D eigenvalue weighted by Gasteiger charge is -2.21. The van der Waals surface area contributed by atoms with Gasteiger partial charge in [0.15, 0.2) is 0 Å². The molecule has 0 atom stereocenters. The minimum Gasteiger partial charge on any atom is -0.481 e. The molecule has 0 saturated carbocycles. The minimum atomic E-state index is -0.184. The Morgan fingerprint density at radius 2 is 2.17 bits per heavy atom. The first kappa shape index (κ1) is 14.4. The van der Waals surface area contributed by atoms with Gasteiger partial charge in [0.1, 0.15) is 0 Å². The fourth-order valence-electron chi connectivity index (χ4n) is 1.45. The Kier molecular flexibility index (Phi) is 6.10. The van der Waals surface area contributed by atoms with Crippen LogP contribution in [-0.4, -0.2) is 61.4 Å². The van der Waals surface area contributed by atoms with Crippen molar-refractivity contribution in [2.45, 2.75) is 0 Å². The van der Waals surface area contributed by atoms with Crippen molar-refractivity contribution in [3.63, 3.8) is 0 Å². The molecule has 6 nitrogen and oxygen atoms in total. The molecule has 1 heterocycles. The van der Waals surface area contributed by atoms with Gasteiger partial charge in [-0.25, -0.2) is 4.98 Å². The summed E-state index contributed by atoms with van der Waals surface area (Å²) >= 11 is 0. The average Bonchev–Trinajstić information content (AvgIpc) is 2.43. The summed E-state index contributed by atoms with van der Waals surface area (Å²) in [6, 6.07) is 3.27. The van der Waals surface area contributed by atoms with Crippen molar-refractivity contribution < 1.29 is 19.4 Å². The van der Waals surface area contributed by atoms with E-state index in [-0.39, 0.29) is 19.1 Å². The van der Waals surface area contributed by atoms with Crippen LogP contribution in [0.4, 0.5) is 0 Å². The van der Waals surface area contributed by atoms with Crippen LogP contribution in [0.1, 0.15) is 10.4 Å². The number of aliphatic hydroxyl groups is 1. The number of carbonyl (C=O) groups is 1. The van der Waals surface area contributed by atoms with Gasteiger partial charge in [0.05, 0.1) is 25.9 Å². The molecule has 1 amide bonds. The van der Waals surface area contributed by atoms with E-state index in [0.29, 0.717) is 24.6 Å². The van der Waals surface area contributed by atoms with Crippen LogP contribution in [0.2, 0.25) is 0 Å². The topological polar surface area (TPSA) is 71.9 Å². The zero-order chi connectivity index (χ0) is 13.4. The van der Waals surface area contributed by atoms with Gasteiger partial charge in [-0.1, -0.05) is 0 Å². The fourth-order valence-corrected chi connectivity index (χ4v) is 1.45. The van der Waals surface area contributed by atoms with Crippen LogP contribution in [0, 0.1) is 0 Å². The molecule has 0 radical (unpaired) electrons. The zero-order valence-corrected chi connectivity index (χ0v) is 10.6. The molecule has 0 fully saturated rings. The number of hydrogen-bond acceptors (Lipinski definition) is 5. The van der Waals surface area contributed by atoms with Crippen LogP contribution >= 0.6 is 0 Å². The second-order valence-corrected chi connectivity index (χ2v) is 3.60. The van der Waals surface area contributed by atoms with Gasteiger partial charge < -0.3 is 19.5 Å². The van der Waals surface area contributed by atoms with Crippen molar-refractivity contribution in [3.8, 4) is 5.88 Å². The summed E-state index contributed by atoms with van der Waals surface area (Å²) in [7, 11) is 3.08. The lowest BCUT2D eigenvalue weighted by molar-refractivity contribution is 0.0656. The second kappa shape index (κ2) is 7.62. The molecule has 100 valence electrons. The molecule has 0 saturated heterocycles. The van der Waals surface area contributed by atoms with E-state index in [0.717, 1.165) is 0 Å². The Morgan fingerprint density at radius 1 is 1.39 bits per heavy atom. The monoisotopic (exact) mass is 254 g/mol. The molecule has 0 aliphatic carbocycles. The van der Waals surface area contributed by atoms with Gasteiger partial charge in [0.25, 0.3) is 5.91 Å². The van der Waals surface area contributed by atoms with Crippen LogP contribution in [0.3, 0.4) is 0 Å². The number of ether oxygens (including phenoxy) is 2. The van der Waals surface area contributed by atoms with Crippen molar-refractivity contribution in [2.24, 2.45) is 0 Å². The molecule has 0 unspecified atom stereocenters. The lowest BCUT2D eigenvalue weighted by atomic mass is 10.2. The average molecular weight is 254 g/mol. The highest BCUT2D eigenvalue weighted by molar-refractivity contribution is 5.94. The maximum atomic E-state index is 12.1. The summed E-state index contributed by atoms with van der Waals surface area (Å²) in [5, 5.41) is 8.94. The SMILES string of the molecule is COCCN(CCO)C(=O)c1ccc(OC)nc1. The maximum Gasteiger partial charge on any atom is 0.255 e. The van der Waals surface area contributed by atoms with Crippen molar-refractivity contribution in [3.05, 3.63) is 23.9 Å². The Balaban J connectivity index is 2.73.